The van der Waals surface area contributed by atoms with Crippen LogP contribution in [-0.2, 0) is 0 Å². The largest absolute Gasteiger partial charge is 0.338 e. The van der Waals surface area contributed by atoms with Crippen molar-refractivity contribution in [2.45, 2.75) is 38.6 Å². The summed E-state index contributed by atoms with van der Waals surface area (Å²) >= 11 is 12.1. The van der Waals surface area contributed by atoms with Gasteiger partial charge in [0.25, 0.3) is 5.91 Å². The highest BCUT2D eigenvalue weighted by atomic mass is 35.5. The van der Waals surface area contributed by atoms with E-state index in [1.54, 1.807) is 30.5 Å². The van der Waals surface area contributed by atoms with Crippen LogP contribution in [0.2, 0.25) is 10.0 Å². The van der Waals surface area contributed by atoms with E-state index in [4.69, 9.17) is 23.2 Å². The molecule has 25 heavy (non-hydrogen) atoms. The summed E-state index contributed by atoms with van der Waals surface area (Å²) in [5, 5.41) is 3.69. The van der Waals surface area contributed by atoms with Gasteiger partial charge in [0.15, 0.2) is 0 Å². The maximum Gasteiger partial charge on any atom is 0.274 e. The lowest BCUT2D eigenvalue weighted by atomic mass is 10.0. The summed E-state index contributed by atoms with van der Waals surface area (Å²) in [6.45, 7) is 3.09. The summed E-state index contributed by atoms with van der Waals surface area (Å²) in [4.78, 5) is 23.6. The lowest BCUT2D eigenvalue weighted by Crippen LogP contribution is -2.40. The van der Waals surface area contributed by atoms with Gasteiger partial charge in [-0.3, -0.25) is 4.79 Å². The van der Waals surface area contributed by atoms with Gasteiger partial charge in [0, 0.05) is 23.8 Å². The van der Waals surface area contributed by atoms with Gasteiger partial charge >= 0.3 is 0 Å². The average molecular weight is 379 g/mol. The van der Waals surface area contributed by atoms with E-state index in [9.17, 15) is 4.79 Å². The topological polar surface area (TPSA) is 58.1 Å². The first-order chi connectivity index (χ1) is 12.1. The Bertz CT molecular complexity index is 768. The number of nitrogens with one attached hydrogen (secondary N) is 1. The maximum atomic E-state index is 12.5. The number of piperidine rings is 1. The normalized spacial score (nSPS) is 17.4. The van der Waals surface area contributed by atoms with Crippen LogP contribution in [0, 0.1) is 0 Å². The second-order valence-corrected chi connectivity index (χ2v) is 6.92. The number of amides is 1. The summed E-state index contributed by atoms with van der Waals surface area (Å²) in [6.07, 6.45) is 6.14. The quantitative estimate of drug-likeness (QED) is 0.829. The molecule has 132 valence electrons. The van der Waals surface area contributed by atoms with Crippen LogP contribution in [0.3, 0.4) is 0 Å². The maximum absolute atomic E-state index is 12.5. The smallest absolute Gasteiger partial charge is 0.274 e. The third-order valence-electron chi connectivity index (χ3n) is 4.41. The molecule has 2 heterocycles. The molecule has 0 saturated carbocycles. The summed E-state index contributed by atoms with van der Waals surface area (Å²) < 4.78 is 0. The van der Waals surface area contributed by atoms with Crippen molar-refractivity contribution in [3.63, 3.8) is 0 Å². The summed E-state index contributed by atoms with van der Waals surface area (Å²) in [5.41, 5.74) is 0.769. The Morgan fingerprint density at radius 2 is 2.16 bits per heavy atom. The van der Waals surface area contributed by atoms with Crippen molar-refractivity contribution in [2.75, 3.05) is 16.8 Å². The van der Waals surface area contributed by atoms with Crippen LogP contribution in [0.4, 0.5) is 11.6 Å². The summed E-state index contributed by atoms with van der Waals surface area (Å²) in [7, 11) is 0. The number of hydrogen-bond donors (Lipinski definition) is 1. The molecule has 1 aliphatic rings. The number of anilines is 2. The Hall–Kier alpha value is -1.85. The van der Waals surface area contributed by atoms with Crippen LogP contribution >= 0.6 is 23.2 Å². The van der Waals surface area contributed by atoms with Gasteiger partial charge in [-0.15, -0.1) is 0 Å². The van der Waals surface area contributed by atoms with E-state index >= 15 is 0 Å². The molecule has 1 atom stereocenters. The van der Waals surface area contributed by atoms with Crippen LogP contribution in [0.1, 0.15) is 43.1 Å². The number of nitrogens with zero attached hydrogens (tertiary/aromatic N) is 3. The molecule has 5 nitrogen and oxygen atoms in total. The fourth-order valence-electron chi connectivity index (χ4n) is 3.08. The van der Waals surface area contributed by atoms with Crippen molar-refractivity contribution < 1.29 is 4.79 Å². The monoisotopic (exact) mass is 378 g/mol. The summed E-state index contributed by atoms with van der Waals surface area (Å²) in [6, 6.07) is 6.95. The van der Waals surface area contributed by atoms with Gasteiger partial charge in [-0.05, 0) is 49.9 Å². The van der Waals surface area contributed by atoms with E-state index in [0.29, 0.717) is 33.4 Å². The number of halogens is 2. The van der Waals surface area contributed by atoms with Crippen molar-refractivity contribution in [1.82, 2.24) is 9.97 Å². The van der Waals surface area contributed by atoms with E-state index in [1.807, 2.05) is 0 Å². The molecular formula is C18H20Cl2N4O. The first-order valence-corrected chi connectivity index (χ1v) is 9.20. The fourth-order valence-corrected chi connectivity index (χ4v) is 3.42. The number of carbonyl (C=O) groups excluding carboxylic acids is 1. The Labute approximate surface area is 157 Å². The van der Waals surface area contributed by atoms with E-state index in [2.05, 4.69) is 27.1 Å². The van der Waals surface area contributed by atoms with Gasteiger partial charge in [-0.1, -0.05) is 30.1 Å². The molecule has 0 spiro atoms. The zero-order valence-electron chi connectivity index (χ0n) is 14.0. The van der Waals surface area contributed by atoms with Gasteiger partial charge in [-0.25, -0.2) is 9.97 Å². The molecule has 1 aromatic heterocycles. The van der Waals surface area contributed by atoms with Gasteiger partial charge in [0.05, 0.1) is 10.7 Å². The molecule has 1 amide bonds. The molecule has 1 aliphatic heterocycles. The molecule has 0 bridgehead atoms. The number of hydrogen-bond acceptors (Lipinski definition) is 4. The predicted molar refractivity (Wildman–Crippen MR) is 102 cm³/mol. The van der Waals surface area contributed by atoms with E-state index in [-0.39, 0.29) is 5.91 Å². The molecule has 2 aromatic rings. The predicted octanol–water partition coefficient (Wildman–Crippen LogP) is 4.80. The molecule has 3 rings (SSSR count). The van der Waals surface area contributed by atoms with Crippen LogP contribution in [0.5, 0.6) is 0 Å². The first-order valence-electron chi connectivity index (χ1n) is 8.44. The molecule has 1 fully saturated rings. The van der Waals surface area contributed by atoms with Crippen LogP contribution < -0.4 is 10.2 Å². The minimum atomic E-state index is -0.335. The highest BCUT2D eigenvalue weighted by Gasteiger charge is 2.24. The van der Waals surface area contributed by atoms with Gasteiger partial charge < -0.3 is 10.2 Å². The zero-order valence-corrected chi connectivity index (χ0v) is 15.5. The molecule has 1 saturated heterocycles. The Morgan fingerprint density at radius 1 is 1.32 bits per heavy atom. The molecule has 0 radical (unpaired) electrons. The number of carbonyl (C=O) groups is 1. The van der Waals surface area contributed by atoms with Crippen molar-refractivity contribution >= 4 is 40.7 Å². The minimum absolute atomic E-state index is 0.307. The molecular weight excluding hydrogens is 359 g/mol. The number of rotatable bonds is 4. The molecule has 1 N–H and O–H groups in total. The minimum Gasteiger partial charge on any atom is -0.338 e. The molecule has 1 aromatic carbocycles. The van der Waals surface area contributed by atoms with Crippen molar-refractivity contribution in [3.8, 4) is 0 Å². The Morgan fingerprint density at radius 3 is 2.96 bits per heavy atom. The average Bonchev–Trinajstić information content (AvgIpc) is 2.64. The Kier molecular flexibility index (Phi) is 5.76. The van der Waals surface area contributed by atoms with E-state index in [0.717, 1.165) is 25.8 Å². The number of aromatic nitrogens is 2. The van der Waals surface area contributed by atoms with Crippen LogP contribution in [0.25, 0.3) is 0 Å². The lowest BCUT2D eigenvalue weighted by Gasteiger charge is -2.35. The highest BCUT2D eigenvalue weighted by molar-refractivity contribution is 6.35. The molecule has 0 aliphatic carbocycles. The van der Waals surface area contributed by atoms with Crippen molar-refractivity contribution in [2.24, 2.45) is 0 Å². The molecule has 7 heteroatoms. The fraction of sp³-hybridized carbons (Fsp3) is 0.389. The van der Waals surface area contributed by atoms with Crippen molar-refractivity contribution in [3.05, 3.63) is 46.2 Å². The molecule has 1 unspecified atom stereocenters. The highest BCUT2D eigenvalue weighted by Crippen LogP contribution is 2.26. The van der Waals surface area contributed by atoms with Gasteiger partial charge in [0.2, 0.25) is 5.95 Å². The first kappa shape index (κ1) is 18.0. The van der Waals surface area contributed by atoms with E-state index < -0.39 is 0 Å². The zero-order chi connectivity index (χ0) is 17.8. The standard InChI is InChI=1S/C18H20Cl2N4O/c1-2-13-5-3-4-10-24(13)18-21-9-8-15(23-18)17(25)22-16-11-12(19)6-7-14(16)20/h6-9,11,13H,2-5,10H2,1H3,(H,22,25). The number of benzene rings is 1. The van der Waals surface area contributed by atoms with Gasteiger partial charge in [-0.2, -0.15) is 0 Å². The summed E-state index contributed by atoms with van der Waals surface area (Å²) in [5.74, 6) is 0.272. The third-order valence-corrected chi connectivity index (χ3v) is 4.97. The van der Waals surface area contributed by atoms with Crippen LogP contribution in [-0.4, -0.2) is 28.5 Å². The van der Waals surface area contributed by atoms with Crippen molar-refractivity contribution in [1.29, 1.82) is 0 Å². The SMILES string of the molecule is CCC1CCCCN1c1nccc(C(=O)Nc2cc(Cl)ccc2Cl)n1. The van der Waals surface area contributed by atoms with Crippen LogP contribution in [0.15, 0.2) is 30.5 Å². The lowest BCUT2D eigenvalue weighted by molar-refractivity contribution is 0.102. The second kappa shape index (κ2) is 8.02. The second-order valence-electron chi connectivity index (χ2n) is 6.07. The van der Waals surface area contributed by atoms with E-state index in [1.165, 1.54) is 6.42 Å². The van der Waals surface area contributed by atoms with Gasteiger partial charge in [0.1, 0.15) is 5.69 Å². The third kappa shape index (κ3) is 4.22. The Balaban J connectivity index is 1.81.